The van der Waals surface area contributed by atoms with Gasteiger partial charge in [-0.2, -0.15) is 35.9 Å². The Kier molecular flexibility index (Phi) is 15.7. The van der Waals surface area contributed by atoms with E-state index < -0.39 is 15.8 Å². The van der Waals surface area contributed by atoms with Crippen molar-refractivity contribution in [1.82, 2.24) is 0 Å². The van der Waals surface area contributed by atoms with Crippen LogP contribution in [0.25, 0.3) is 0 Å². The average Bonchev–Trinajstić information content (AvgIpc) is 3.09. The summed E-state index contributed by atoms with van der Waals surface area (Å²) in [6.45, 7) is 6.93. The second-order valence-electron chi connectivity index (χ2n) is 10.2. The Labute approximate surface area is 285 Å². The largest absolute Gasteiger partial charge is 2.00 e. The molecule has 4 heteroatoms. The molecule has 0 N–H and O–H groups in total. The van der Waals surface area contributed by atoms with Crippen LogP contribution in [0.5, 0.6) is 0 Å². The van der Waals surface area contributed by atoms with Gasteiger partial charge >= 0.3 is 20.4 Å². The molecule has 228 valence electrons. The molecule has 0 aliphatic rings. The molecule has 6 aromatic rings. The smallest absolute Gasteiger partial charge is 0.339 e. The summed E-state index contributed by atoms with van der Waals surface area (Å²) >= 11 is 0. The van der Waals surface area contributed by atoms with Crippen LogP contribution in [0.4, 0.5) is 0 Å². The van der Waals surface area contributed by atoms with Crippen molar-refractivity contribution in [3.63, 3.8) is 0 Å². The van der Waals surface area contributed by atoms with Gasteiger partial charge in [0.2, 0.25) is 0 Å². The number of Topliss-reactive ketones (excluding diaryl/α,β-unsaturated/α-hetero) is 1. The van der Waals surface area contributed by atoms with Gasteiger partial charge in [-0.05, 0) is 72.9 Å². The number of carbonyl (C=O) groups is 1. The van der Waals surface area contributed by atoms with Gasteiger partial charge in [0.1, 0.15) is 47.7 Å². The van der Waals surface area contributed by atoms with Gasteiger partial charge in [-0.25, -0.2) is 0 Å². The van der Waals surface area contributed by atoms with Crippen molar-refractivity contribution in [2.24, 2.45) is 0 Å². The van der Waals surface area contributed by atoms with Gasteiger partial charge < -0.3 is 11.7 Å². The van der Waals surface area contributed by atoms with E-state index in [9.17, 15) is 4.79 Å². The summed E-state index contributed by atoms with van der Waals surface area (Å²) in [5, 5.41) is 8.71. The van der Waals surface area contributed by atoms with E-state index in [2.05, 4.69) is 159 Å². The van der Waals surface area contributed by atoms with Crippen LogP contribution in [0.3, 0.4) is 0 Å². The molecule has 45 heavy (non-hydrogen) atoms. The molecule has 0 amide bonds. The van der Waals surface area contributed by atoms with Gasteiger partial charge in [-0.1, -0.05) is 98.8 Å². The van der Waals surface area contributed by atoms with E-state index in [1.807, 2.05) is 31.2 Å². The number of ketones is 1. The molecule has 0 aliphatic carbocycles. The summed E-state index contributed by atoms with van der Waals surface area (Å²) in [6.07, 6.45) is 0.556. The van der Waals surface area contributed by atoms with E-state index >= 15 is 0 Å². The van der Waals surface area contributed by atoms with Gasteiger partial charge in [0.15, 0.2) is 0 Å². The van der Waals surface area contributed by atoms with Crippen molar-refractivity contribution in [3.8, 4) is 0 Å². The minimum Gasteiger partial charge on any atom is -0.339 e. The quantitative estimate of drug-likeness (QED) is 0.0967. The van der Waals surface area contributed by atoms with Gasteiger partial charge in [0, 0.05) is 0 Å². The fourth-order valence-corrected chi connectivity index (χ4v) is 10.8. The maximum absolute atomic E-state index is 9.70. The summed E-state index contributed by atoms with van der Waals surface area (Å²) < 4.78 is 0. The van der Waals surface area contributed by atoms with E-state index in [-0.39, 0.29) is 26.2 Å². The summed E-state index contributed by atoms with van der Waals surface area (Å²) in [5.41, 5.74) is 1.20. The maximum Gasteiger partial charge on any atom is 2.00 e. The minimum absolute atomic E-state index is 0. The third-order valence-electron chi connectivity index (χ3n) is 6.97. The predicted molar refractivity (Wildman–Crippen MR) is 197 cm³/mol. The maximum atomic E-state index is 9.70. The molecular weight excluding hydrogens is 677 g/mol. The Bertz CT molecular complexity index is 1480. The van der Waals surface area contributed by atoms with Gasteiger partial charge in [0.25, 0.3) is 0 Å². The minimum atomic E-state index is -1.14. The van der Waals surface area contributed by atoms with Crippen LogP contribution >= 0.6 is 15.8 Å². The molecule has 0 bridgehead atoms. The second-order valence-corrected chi connectivity index (χ2v) is 15.1. The molecular formula is C41H40OP2Pd+2. The molecule has 0 saturated heterocycles. The van der Waals surface area contributed by atoms with Crippen LogP contribution < -0.4 is 31.8 Å². The number of hydrogen-bond donors (Lipinski definition) is 0. The topological polar surface area (TPSA) is 17.1 Å². The van der Waals surface area contributed by atoms with Gasteiger partial charge in [0.05, 0.1) is 0 Å². The van der Waals surface area contributed by atoms with Crippen LogP contribution in [0.1, 0.15) is 18.9 Å². The van der Waals surface area contributed by atoms with Crippen molar-refractivity contribution in [3.05, 3.63) is 188 Å². The summed E-state index contributed by atoms with van der Waals surface area (Å²) in [4.78, 5) is 9.70. The molecule has 0 saturated carbocycles. The number of hydrogen-bond acceptors (Lipinski definition) is 1. The molecule has 0 heterocycles. The predicted octanol–water partition coefficient (Wildman–Crippen LogP) is 7.26. The number of carbonyl (C=O) groups excluding carboxylic acids is 1. The van der Waals surface area contributed by atoms with Gasteiger partial charge in [-0.15, -0.1) is 0 Å². The summed E-state index contributed by atoms with van der Waals surface area (Å²) in [7, 11) is -2.28. The van der Waals surface area contributed by atoms with Gasteiger partial charge in [-0.3, -0.25) is 0 Å². The van der Waals surface area contributed by atoms with Crippen molar-refractivity contribution in [2.45, 2.75) is 20.3 Å². The Morgan fingerprint density at radius 3 is 1.04 bits per heavy atom. The van der Waals surface area contributed by atoms with Crippen LogP contribution in [-0.4, -0.2) is 5.78 Å². The van der Waals surface area contributed by atoms with Crippen molar-refractivity contribution in [1.29, 1.82) is 0 Å². The number of rotatable bonds is 7. The van der Waals surface area contributed by atoms with Crippen LogP contribution in [0.15, 0.2) is 170 Å². The van der Waals surface area contributed by atoms with E-state index in [1.165, 1.54) is 37.4 Å². The number of aryl methyl sites for hydroxylation is 1. The molecule has 0 unspecified atom stereocenters. The first kappa shape index (κ1) is 35.9. The normalized spacial score (nSPS) is 10.0. The molecule has 1 nitrogen and oxygen atoms in total. The monoisotopic (exact) mass is 716 g/mol. The molecule has 0 fully saturated rings. The average molecular weight is 717 g/mol. The molecule has 0 atom stereocenters. The Morgan fingerprint density at radius 2 is 0.822 bits per heavy atom. The molecule has 0 aromatic heterocycles. The Hall–Kier alpha value is -3.62. The zero-order valence-corrected chi connectivity index (χ0v) is 29.4. The molecule has 6 aromatic carbocycles. The van der Waals surface area contributed by atoms with Crippen molar-refractivity contribution < 1.29 is 25.2 Å². The first-order valence-electron chi connectivity index (χ1n) is 14.9. The fraction of sp³-hybridized carbons (Fsp3) is 0.0732. The van der Waals surface area contributed by atoms with Crippen molar-refractivity contribution >= 4 is 53.5 Å². The molecule has 0 spiro atoms. The fourth-order valence-electron chi connectivity index (χ4n) is 4.78. The van der Waals surface area contributed by atoms with E-state index in [0.717, 1.165) is 0 Å². The van der Waals surface area contributed by atoms with Crippen LogP contribution in [0.2, 0.25) is 0 Å². The van der Waals surface area contributed by atoms with E-state index in [0.29, 0.717) is 6.42 Å². The van der Waals surface area contributed by atoms with Crippen molar-refractivity contribution in [2.75, 3.05) is 0 Å². The SMILES string of the molecule is Cc1[c-]cccc1.[CH2-]C(=O)CC.[Pd+2].c1ccc([PH+](c2ccccc2)c2ccccc2[PH+](c2ccccc2)c2ccccc2)cc1. The number of benzene rings is 6. The third-order valence-corrected chi connectivity index (χ3v) is 12.8. The summed E-state index contributed by atoms with van der Waals surface area (Å²) in [6, 6.07) is 64.4. The first-order chi connectivity index (χ1) is 21.6. The zero-order chi connectivity index (χ0) is 31.0. The summed E-state index contributed by atoms with van der Waals surface area (Å²) in [5.74, 6) is 0.00463. The Morgan fingerprint density at radius 1 is 0.533 bits per heavy atom. The molecule has 6 rings (SSSR count). The Balaban J connectivity index is 0.000000359. The van der Waals surface area contributed by atoms with Crippen LogP contribution in [0, 0.1) is 19.9 Å². The zero-order valence-electron chi connectivity index (χ0n) is 25.8. The molecule has 0 radical (unpaired) electrons. The molecule has 0 aliphatic heterocycles. The second kappa shape index (κ2) is 19.7. The van der Waals surface area contributed by atoms with Crippen LogP contribution in [-0.2, 0) is 25.2 Å². The first-order valence-corrected chi connectivity index (χ1v) is 17.9. The van der Waals surface area contributed by atoms with E-state index in [4.69, 9.17) is 0 Å². The third kappa shape index (κ3) is 11.0. The standard InChI is InChI=1S/C30H24P2.C7H7.C4H7O.Pd/c1-5-15-25(16-6-1)31(26-17-7-2-8-18-26)29-23-13-14-24-30(29)32(27-19-9-3-10-20-27)28-21-11-4-12-22-28;1-7-5-3-2-4-6-7;1-3-4(2)5;/h1-24H;2-5H,1H3;2-3H2,1H3;/q;2*-1;+2/p+2. The van der Waals surface area contributed by atoms with E-state index in [1.54, 1.807) is 6.92 Å².